The minimum absolute atomic E-state index is 0.127. The second-order valence-corrected chi connectivity index (χ2v) is 6.83. The predicted octanol–water partition coefficient (Wildman–Crippen LogP) is 4.27. The van der Waals surface area contributed by atoms with E-state index in [2.05, 4.69) is 19.1 Å². The standard InChI is InChI=1S/C18H28O4/c1-3-18(12-19-13-18)14-20-17(2,21-15-8-4-5-9-15)22-16-10-6-7-11-16/h8,10H,3-7,9,11-14H2,1-2H3. The van der Waals surface area contributed by atoms with Crippen LogP contribution in [-0.4, -0.2) is 25.8 Å². The summed E-state index contributed by atoms with van der Waals surface area (Å²) in [6, 6.07) is 0. The maximum Gasteiger partial charge on any atom is 0.367 e. The van der Waals surface area contributed by atoms with Crippen LogP contribution in [-0.2, 0) is 18.9 Å². The van der Waals surface area contributed by atoms with Crippen LogP contribution in [0.4, 0.5) is 0 Å². The van der Waals surface area contributed by atoms with Crippen LogP contribution in [0.3, 0.4) is 0 Å². The van der Waals surface area contributed by atoms with Gasteiger partial charge in [-0.1, -0.05) is 6.92 Å². The average Bonchev–Trinajstić information content (AvgIpc) is 3.12. The van der Waals surface area contributed by atoms with Gasteiger partial charge in [0.1, 0.15) is 0 Å². The Hall–Kier alpha value is -1.00. The van der Waals surface area contributed by atoms with Gasteiger partial charge < -0.3 is 18.9 Å². The second kappa shape index (κ2) is 6.63. The fourth-order valence-electron chi connectivity index (χ4n) is 3.09. The highest BCUT2D eigenvalue weighted by Crippen LogP contribution is 2.36. The van der Waals surface area contributed by atoms with Crippen molar-refractivity contribution in [3.8, 4) is 0 Å². The molecule has 0 spiro atoms. The van der Waals surface area contributed by atoms with Crippen LogP contribution >= 0.6 is 0 Å². The first-order valence-electron chi connectivity index (χ1n) is 8.61. The lowest BCUT2D eigenvalue weighted by atomic mass is 9.84. The van der Waals surface area contributed by atoms with E-state index in [-0.39, 0.29) is 5.41 Å². The van der Waals surface area contributed by atoms with E-state index in [0.717, 1.165) is 69.7 Å². The van der Waals surface area contributed by atoms with Gasteiger partial charge in [-0.3, -0.25) is 0 Å². The van der Waals surface area contributed by atoms with E-state index in [1.807, 2.05) is 6.92 Å². The van der Waals surface area contributed by atoms with Gasteiger partial charge in [0.15, 0.2) is 0 Å². The van der Waals surface area contributed by atoms with Crippen LogP contribution in [0, 0.1) is 5.41 Å². The summed E-state index contributed by atoms with van der Waals surface area (Å²) in [6.07, 6.45) is 11.8. The van der Waals surface area contributed by atoms with Crippen LogP contribution in [0.1, 0.15) is 58.8 Å². The summed E-state index contributed by atoms with van der Waals surface area (Å²) in [5.74, 6) is 0.970. The summed E-state index contributed by atoms with van der Waals surface area (Å²) >= 11 is 0. The molecule has 3 aliphatic rings. The highest BCUT2D eigenvalue weighted by molar-refractivity contribution is 5.03. The predicted molar refractivity (Wildman–Crippen MR) is 83.9 cm³/mol. The molecule has 0 amide bonds. The SMILES string of the molecule is CCC1(COC(C)(OC2=CCCC2)OC2=CCCC2)COC1. The highest BCUT2D eigenvalue weighted by atomic mass is 16.9. The fourth-order valence-corrected chi connectivity index (χ4v) is 3.09. The van der Waals surface area contributed by atoms with Crippen molar-refractivity contribution in [2.45, 2.75) is 64.8 Å². The summed E-state index contributed by atoms with van der Waals surface area (Å²) in [4.78, 5) is 0. The van der Waals surface area contributed by atoms with Gasteiger partial charge in [-0.15, -0.1) is 0 Å². The Morgan fingerprint density at radius 1 is 1.09 bits per heavy atom. The quantitative estimate of drug-likeness (QED) is 0.627. The van der Waals surface area contributed by atoms with Crippen LogP contribution in [0.2, 0.25) is 0 Å². The molecule has 1 saturated heterocycles. The van der Waals surface area contributed by atoms with Gasteiger partial charge in [0, 0.05) is 25.2 Å². The summed E-state index contributed by atoms with van der Waals surface area (Å²) in [5, 5.41) is 0. The van der Waals surface area contributed by atoms with Crippen LogP contribution < -0.4 is 0 Å². The van der Waals surface area contributed by atoms with Crippen LogP contribution in [0.25, 0.3) is 0 Å². The number of rotatable bonds is 8. The van der Waals surface area contributed by atoms with Gasteiger partial charge in [0.05, 0.1) is 31.3 Å². The van der Waals surface area contributed by atoms with E-state index in [1.54, 1.807) is 0 Å². The van der Waals surface area contributed by atoms with Gasteiger partial charge >= 0.3 is 5.97 Å². The van der Waals surface area contributed by atoms with Gasteiger partial charge in [-0.2, -0.15) is 0 Å². The Labute approximate surface area is 133 Å². The van der Waals surface area contributed by atoms with Crippen molar-refractivity contribution in [2.75, 3.05) is 19.8 Å². The molecule has 0 aromatic carbocycles. The first-order chi connectivity index (χ1) is 10.6. The molecule has 0 bridgehead atoms. The molecular formula is C18H28O4. The minimum Gasteiger partial charge on any atom is -0.435 e. The van der Waals surface area contributed by atoms with Crippen LogP contribution in [0.5, 0.6) is 0 Å². The molecule has 0 N–H and O–H groups in total. The third-order valence-corrected chi connectivity index (χ3v) is 4.84. The number of hydrogen-bond donors (Lipinski definition) is 0. The summed E-state index contributed by atoms with van der Waals surface area (Å²) in [6.45, 7) is 6.23. The number of allylic oxidation sites excluding steroid dienone is 4. The van der Waals surface area contributed by atoms with E-state index in [0.29, 0.717) is 6.61 Å². The Balaban J connectivity index is 1.64. The lowest BCUT2D eigenvalue weighted by molar-refractivity contribution is -0.357. The maximum absolute atomic E-state index is 6.15. The third kappa shape index (κ3) is 3.66. The zero-order valence-corrected chi connectivity index (χ0v) is 13.9. The molecular weight excluding hydrogens is 280 g/mol. The first kappa shape index (κ1) is 15.9. The van der Waals surface area contributed by atoms with Gasteiger partial charge in [-0.25, -0.2) is 0 Å². The minimum atomic E-state index is -1.02. The fraction of sp³-hybridized carbons (Fsp3) is 0.778. The zero-order chi connectivity index (χ0) is 15.5. The molecule has 0 unspecified atom stereocenters. The molecule has 1 aliphatic heterocycles. The second-order valence-electron chi connectivity index (χ2n) is 6.83. The van der Waals surface area contributed by atoms with Crippen LogP contribution in [0.15, 0.2) is 23.7 Å². The van der Waals surface area contributed by atoms with E-state index in [1.165, 1.54) is 0 Å². The van der Waals surface area contributed by atoms with Crippen molar-refractivity contribution in [1.82, 2.24) is 0 Å². The summed E-state index contributed by atoms with van der Waals surface area (Å²) in [7, 11) is 0. The Kier molecular flexibility index (Phi) is 4.79. The molecule has 0 aromatic rings. The lowest BCUT2D eigenvalue weighted by Gasteiger charge is -2.42. The summed E-state index contributed by atoms with van der Waals surface area (Å²) in [5.41, 5.74) is 0.127. The molecule has 0 radical (unpaired) electrons. The maximum atomic E-state index is 6.15. The molecule has 2 aliphatic carbocycles. The van der Waals surface area contributed by atoms with Crippen molar-refractivity contribution in [1.29, 1.82) is 0 Å². The van der Waals surface area contributed by atoms with Gasteiger partial charge in [0.2, 0.25) is 0 Å². The van der Waals surface area contributed by atoms with E-state index < -0.39 is 5.97 Å². The summed E-state index contributed by atoms with van der Waals surface area (Å²) < 4.78 is 23.7. The average molecular weight is 308 g/mol. The highest BCUT2D eigenvalue weighted by Gasteiger charge is 2.42. The molecule has 3 rings (SSSR count). The van der Waals surface area contributed by atoms with Crippen molar-refractivity contribution < 1.29 is 18.9 Å². The molecule has 1 heterocycles. The molecule has 124 valence electrons. The van der Waals surface area contributed by atoms with Gasteiger partial charge in [-0.05, 0) is 44.3 Å². The molecule has 4 nitrogen and oxygen atoms in total. The Morgan fingerprint density at radius 3 is 2.05 bits per heavy atom. The molecule has 22 heavy (non-hydrogen) atoms. The first-order valence-corrected chi connectivity index (χ1v) is 8.61. The number of ether oxygens (including phenoxy) is 4. The lowest BCUT2D eigenvalue weighted by Crippen LogP contribution is -2.49. The smallest absolute Gasteiger partial charge is 0.367 e. The monoisotopic (exact) mass is 308 g/mol. The van der Waals surface area contributed by atoms with Crippen molar-refractivity contribution in [3.63, 3.8) is 0 Å². The largest absolute Gasteiger partial charge is 0.435 e. The van der Waals surface area contributed by atoms with Crippen molar-refractivity contribution in [3.05, 3.63) is 23.7 Å². The Morgan fingerprint density at radius 2 is 1.68 bits per heavy atom. The van der Waals surface area contributed by atoms with E-state index >= 15 is 0 Å². The van der Waals surface area contributed by atoms with E-state index in [9.17, 15) is 0 Å². The molecule has 4 heteroatoms. The van der Waals surface area contributed by atoms with E-state index in [4.69, 9.17) is 18.9 Å². The Bertz CT molecular complexity index is 416. The van der Waals surface area contributed by atoms with Crippen molar-refractivity contribution in [2.24, 2.45) is 5.41 Å². The normalized spacial score (nSPS) is 23.7. The molecule has 0 aromatic heterocycles. The molecule has 0 saturated carbocycles. The topological polar surface area (TPSA) is 36.9 Å². The molecule has 1 fully saturated rings. The zero-order valence-electron chi connectivity index (χ0n) is 13.9. The number of hydrogen-bond acceptors (Lipinski definition) is 4. The molecule has 0 atom stereocenters. The van der Waals surface area contributed by atoms with Crippen molar-refractivity contribution >= 4 is 0 Å². The van der Waals surface area contributed by atoms with Gasteiger partial charge in [0.25, 0.3) is 0 Å². The third-order valence-electron chi connectivity index (χ3n) is 4.84.